The van der Waals surface area contributed by atoms with E-state index in [1.54, 1.807) is 12.4 Å². The average Bonchev–Trinajstić information content (AvgIpc) is 2.78. The molecule has 0 aliphatic rings. The van der Waals surface area contributed by atoms with Crippen molar-refractivity contribution in [3.63, 3.8) is 0 Å². The molecule has 0 saturated carbocycles. The molecule has 2 aromatic rings. The van der Waals surface area contributed by atoms with Crippen LogP contribution in [0.3, 0.4) is 0 Å². The minimum atomic E-state index is 0.600. The van der Waals surface area contributed by atoms with Gasteiger partial charge >= 0.3 is 0 Å². The van der Waals surface area contributed by atoms with Crippen LogP contribution in [-0.2, 0) is 19.9 Å². The maximum Gasteiger partial charge on any atom is 0.137 e. The molecule has 0 spiro atoms. The minimum absolute atomic E-state index is 0.600. The fraction of sp³-hybridized carbons (Fsp3) is 0.385. The Labute approximate surface area is 107 Å². The van der Waals surface area contributed by atoms with E-state index < -0.39 is 0 Å². The van der Waals surface area contributed by atoms with Gasteiger partial charge in [0.05, 0.1) is 12.8 Å². The Morgan fingerprint density at radius 2 is 2.17 bits per heavy atom. The molecule has 0 bridgehead atoms. The highest BCUT2D eigenvalue weighted by Gasteiger charge is 2.00. The van der Waals surface area contributed by atoms with E-state index in [0.717, 1.165) is 30.1 Å². The van der Waals surface area contributed by atoms with Crippen molar-refractivity contribution in [1.29, 1.82) is 0 Å². The van der Waals surface area contributed by atoms with E-state index in [-0.39, 0.29) is 0 Å². The Hall–Kier alpha value is -1.88. The summed E-state index contributed by atoms with van der Waals surface area (Å²) in [7, 11) is 1.98. The molecule has 2 heterocycles. The number of hydrogen-bond acceptors (Lipinski definition) is 4. The molecule has 0 fully saturated rings. The number of aromatic nitrogens is 3. The number of hydrogen-bond donors (Lipinski definition) is 1. The summed E-state index contributed by atoms with van der Waals surface area (Å²) in [4.78, 5) is 8.51. The van der Waals surface area contributed by atoms with Crippen LogP contribution in [0.4, 0.5) is 0 Å². The summed E-state index contributed by atoms with van der Waals surface area (Å²) in [5.41, 5.74) is 6.46. The Morgan fingerprint density at radius 3 is 2.78 bits per heavy atom. The van der Waals surface area contributed by atoms with Crippen molar-refractivity contribution in [3.05, 3.63) is 42.2 Å². The van der Waals surface area contributed by atoms with E-state index in [1.165, 1.54) is 0 Å². The van der Waals surface area contributed by atoms with E-state index in [4.69, 9.17) is 10.5 Å². The second kappa shape index (κ2) is 6.16. The summed E-state index contributed by atoms with van der Waals surface area (Å²) in [6, 6.07) is 3.87. The molecule has 2 N–H and O–H groups in total. The second-order valence-corrected chi connectivity index (χ2v) is 4.08. The van der Waals surface area contributed by atoms with Crippen LogP contribution in [0.2, 0.25) is 0 Å². The van der Waals surface area contributed by atoms with Crippen LogP contribution < -0.4 is 10.5 Å². The third-order valence-electron chi connectivity index (χ3n) is 2.71. The molecular formula is C13H18N4O. The van der Waals surface area contributed by atoms with E-state index in [0.29, 0.717) is 13.2 Å². The normalized spacial score (nSPS) is 10.6. The predicted octanol–water partition coefficient (Wildman–Crippen LogP) is 0.938. The molecule has 0 atom stereocenters. The number of nitrogens with zero attached hydrogens (tertiary/aromatic N) is 3. The molecule has 96 valence electrons. The first-order valence-electron chi connectivity index (χ1n) is 6.03. The van der Waals surface area contributed by atoms with Gasteiger partial charge in [-0.25, -0.2) is 4.98 Å². The van der Waals surface area contributed by atoms with E-state index >= 15 is 0 Å². The fourth-order valence-electron chi connectivity index (χ4n) is 1.69. The van der Waals surface area contributed by atoms with Gasteiger partial charge in [0.25, 0.3) is 0 Å². The topological polar surface area (TPSA) is 66.0 Å². The number of ether oxygens (including phenoxy) is 1. The summed E-state index contributed by atoms with van der Waals surface area (Å²) in [6.07, 6.45) is 7.04. The van der Waals surface area contributed by atoms with Crippen molar-refractivity contribution in [1.82, 2.24) is 14.5 Å². The zero-order valence-corrected chi connectivity index (χ0v) is 10.5. The van der Waals surface area contributed by atoms with Crippen LogP contribution in [0.1, 0.15) is 11.5 Å². The molecule has 0 saturated heterocycles. The molecule has 0 amide bonds. The Kier molecular flexibility index (Phi) is 4.30. The SMILES string of the molecule is Cn1ccnc1CCOc1ccc(CCN)nc1. The van der Waals surface area contributed by atoms with Crippen LogP contribution >= 0.6 is 0 Å². The lowest BCUT2D eigenvalue weighted by Crippen LogP contribution is -2.07. The van der Waals surface area contributed by atoms with Gasteiger partial charge in [0.2, 0.25) is 0 Å². The molecule has 5 nitrogen and oxygen atoms in total. The molecule has 2 rings (SSSR count). The zero-order valence-electron chi connectivity index (χ0n) is 10.5. The van der Waals surface area contributed by atoms with Crippen molar-refractivity contribution in [2.24, 2.45) is 12.8 Å². The molecule has 0 unspecified atom stereocenters. The molecular weight excluding hydrogens is 228 g/mol. The van der Waals surface area contributed by atoms with Crippen LogP contribution in [0.15, 0.2) is 30.7 Å². The Morgan fingerprint density at radius 1 is 1.28 bits per heavy atom. The lowest BCUT2D eigenvalue weighted by atomic mass is 10.3. The van der Waals surface area contributed by atoms with Gasteiger partial charge in [0, 0.05) is 38.0 Å². The van der Waals surface area contributed by atoms with Crippen molar-refractivity contribution in [3.8, 4) is 5.75 Å². The third-order valence-corrected chi connectivity index (χ3v) is 2.71. The molecule has 5 heteroatoms. The van der Waals surface area contributed by atoms with E-state index in [1.807, 2.05) is 29.9 Å². The maximum absolute atomic E-state index is 5.62. The van der Waals surface area contributed by atoms with Gasteiger partial charge in [-0.1, -0.05) is 0 Å². The first kappa shape index (κ1) is 12.6. The predicted molar refractivity (Wildman–Crippen MR) is 69.4 cm³/mol. The quantitative estimate of drug-likeness (QED) is 0.823. The van der Waals surface area contributed by atoms with Gasteiger partial charge in [-0.05, 0) is 18.7 Å². The second-order valence-electron chi connectivity index (χ2n) is 4.08. The molecule has 2 aromatic heterocycles. The standard InChI is InChI=1S/C13H18N4O/c1-17-8-7-15-13(17)5-9-18-12-3-2-11(4-6-14)16-10-12/h2-3,7-8,10H,4-6,9,14H2,1H3. The number of pyridine rings is 1. The number of nitrogens with two attached hydrogens (primary N) is 1. The summed E-state index contributed by atoms with van der Waals surface area (Å²) in [5.74, 6) is 1.80. The Balaban J connectivity index is 1.81. The monoisotopic (exact) mass is 246 g/mol. The summed E-state index contributed by atoms with van der Waals surface area (Å²) >= 11 is 0. The van der Waals surface area contributed by atoms with Gasteiger partial charge in [-0.3, -0.25) is 4.98 Å². The summed E-state index contributed by atoms with van der Waals surface area (Å²) in [5, 5.41) is 0. The maximum atomic E-state index is 5.62. The molecule has 0 aromatic carbocycles. The largest absolute Gasteiger partial charge is 0.492 e. The molecule has 18 heavy (non-hydrogen) atoms. The van der Waals surface area contributed by atoms with Gasteiger partial charge in [-0.2, -0.15) is 0 Å². The molecule has 0 aliphatic carbocycles. The highest BCUT2D eigenvalue weighted by molar-refractivity contribution is 5.20. The first-order valence-corrected chi connectivity index (χ1v) is 6.03. The lowest BCUT2D eigenvalue weighted by molar-refractivity contribution is 0.316. The summed E-state index contributed by atoms with van der Waals surface area (Å²) < 4.78 is 7.61. The lowest BCUT2D eigenvalue weighted by Gasteiger charge is -2.06. The van der Waals surface area contributed by atoms with Crippen LogP contribution in [0.5, 0.6) is 5.75 Å². The van der Waals surface area contributed by atoms with Crippen molar-refractivity contribution in [2.75, 3.05) is 13.2 Å². The highest BCUT2D eigenvalue weighted by atomic mass is 16.5. The third kappa shape index (κ3) is 3.30. The van der Waals surface area contributed by atoms with Gasteiger partial charge in [0.15, 0.2) is 0 Å². The van der Waals surface area contributed by atoms with Crippen LogP contribution in [-0.4, -0.2) is 27.7 Å². The summed E-state index contributed by atoms with van der Waals surface area (Å²) in [6.45, 7) is 1.22. The van der Waals surface area contributed by atoms with Crippen molar-refractivity contribution >= 4 is 0 Å². The smallest absolute Gasteiger partial charge is 0.137 e. The number of imidazole rings is 1. The van der Waals surface area contributed by atoms with Gasteiger partial charge in [0.1, 0.15) is 11.6 Å². The van der Waals surface area contributed by atoms with Crippen LogP contribution in [0, 0.1) is 0 Å². The minimum Gasteiger partial charge on any atom is -0.492 e. The first-order chi connectivity index (χ1) is 8.79. The average molecular weight is 246 g/mol. The van der Waals surface area contributed by atoms with E-state index in [9.17, 15) is 0 Å². The van der Waals surface area contributed by atoms with Gasteiger partial charge in [-0.15, -0.1) is 0 Å². The highest BCUT2D eigenvalue weighted by Crippen LogP contribution is 2.09. The number of aryl methyl sites for hydroxylation is 1. The fourth-order valence-corrected chi connectivity index (χ4v) is 1.69. The zero-order chi connectivity index (χ0) is 12.8. The van der Waals surface area contributed by atoms with Gasteiger partial charge < -0.3 is 15.0 Å². The van der Waals surface area contributed by atoms with Crippen LogP contribution in [0.25, 0.3) is 0 Å². The molecule has 0 aliphatic heterocycles. The van der Waals surface area contributed by atoms with Crippen molar-refractivity contribution < 1.29 is 4.74 Å². The number of rotatable bonds is 6. The van der Waals surface area contributed by atoms with E-state index in [2.05, 4.69) is 9.97 Å². The molecule has 0 radical (unpaired) electrons. The van der Waals surface area contributed by atoms with Crippen molar-refractivity contribution in [2.45, 2.75) is 12.8 Å². The Bertz CT molecular complexity index is 478.